The van der Waals surface area contributed by atoms with Gasteiger partial charge in [-0.15, -0.1) is 11.8 Å². The zero-order valence-corrected chi connectivity index (χ0v) is 26.5. The number of aliphatic carboxylic acids is 1. The van der Waals surface area contributed by atoms with Gasteiger partial charge in [-0.05, 0) is 78.8 Å². The van der Waals surface area contributed by atoms with Crippen LogP contribution in [-0.4, -0.2) is 69.1 Å². The number of primary amides is 1. The van der Waals surface area contributed by atoms with Crippen LogP contribution in [0.5, 0.6) is 5.75 Å². The summed E-state index contributed by atoms with van der Waals surface area (Å²) in [5.41, 5.74) is 7.65. The molecule has 3 aromatic carbocycles. The number of hydrogen-bond acceptors (Lipinski definition) is 8. The molecule has 1 saturated heterocycles. The molecular weight excluding hydrogens is 618 g/mol. The molecule has 9 nitrogen and oxygen atoms in total. The van der Waals surface area contributed by atoms with Gasteiger partial charge in [-0.3, -0.25) is 9.59 Å². The molecule has 0 bridgehead atoms. The van der Waals surface area contributed by atoms with Crippen LogP contribution in [0.15, 0.2) is 65.6 Å². The molecular formula is C34H38ClNO8S. The first-order valence-corrected chi connectivity index (χ1v) is 16.4. The van der Waals surface area contributed by atoms with E-state index in [1.165, 1.54) is 17.8 Å². The van der Waals surface area contributed by atoms with Crippen LogP contribution in [0.2, 0.25) is 5.02 Å². The fraction of sp³-hybridized carbons (Fsp3) is 0.412. The number of rotatable bonds is 11. The number of hydrogen-bond donors (Lipinski definition) is 5. The van der Waals surface area contributed by atoms with Crippen molar-refractivity contribution < 1.29 is 39.5 Å². The summed E-state index contributed by atoms with van der Waals surface area (Å²) in [6.07, 6.45) is -3.25. The van der Waals surface area contributed by atoms with Crippen molar-refractivity contribution in [2.24, 2.45) is 5.73 Å². The second-order valence-electron chi connectivity index (χ2n) is 11.7. The van der Waals surface area contributed by atoms with E-state index < -0.39 is 47.8 Å². The van der Waals surface area contributed by atoms with Crippen LogP contribution < -0.4 is 10.5 Å². The number of halogens is 1. The lowest BCUT2D eigenvalue weighted by Crippen LogP contribution is -2.54. The van der Waals surface area contributed by atoms with Gasteiger partial charge in [-0.25, -0.2) is 0 Å². The Morgan fingerprint density at radius 1 is 1.00 bits per heavy atom. The van der Waals surface area contributed by atoms with E-state index in [2.05, 4.69) is 0 Å². The predicted octanol–water partition coefficient (Wildman–Crippen LogP) is 4.64. The number of carboxylic acid groups (broad SMARTS) is 1. The van der Waals surface area contributed by atoms with Crippen molar-refractivity contribution in [3.8, 4) is 5.75 Å². The monoisotopic (exact) mass is 655 g/mol. The zero-order chi connectivity index (χ0) is 32.3. The lowest BCUT2D eigenvalue weighted by Gasteiger charge is -2.41. The molecule has 45 heavy (non-hydrogen) atoms. The van der Waals surface area contributed by atoms with Crippen molar-refractivity contribution in [2.75, 3.05) is 12.4 Å². The maximum atomic E-state index is 12.5. The van der Waals surface area contributed by atoms with Crippen LogP contribution in [0.4, 0.5) is 0 Å². The van der Waals surface area contributed by atoms with Crippen molar-refractivity contribution in [3.63, 3.8) is 0 Å². The van der Waals surface area contributed by atoms with Gasteiger partial charge in [0.1, 0.15) is 30.2 Å². The molecule has 5 rings (SSSR count). The van der Waals surface area contributed by atoms with Crippen LogP contribution in [0.3, 0.4) is 0 Å². The topological polar surface area (TPSA) is 160 Å². The Labute approximate surface area is 271 Å². The van der Waals surface area contributed by atoms with Gasteiger partial charge >= 0.3 is 5.97 Å². The average molecular weight is 656 g/mol. The van der Waals surface area contributed by atoms with Gasteiger partial charge in [0.25, 0.3) is 0 Å². The number of thioether (sulfide) groups is 1. The Morgan fingerprint density at radius 2 is 1.71 bits per heavy atom. The highest BCUT2D eigenvalue weighted by Gasteiger charge is 2.46. The van der Waals surface area contributed by atoms with E-state index in [1.807, 2.05) is 37.3 Å². The first-order chi connectivity index (χ1) is 21.5. The highest BCUT2D eigenvalue weighted by molar-refractivity contribution is 7.99. The third kappa shape index (κ3) is 7.01. The molecule has 0 aromatic heterocycles. The second-order valence-corrected chi connectivity index (χ2v) is 13.1. The van der Waals surface area contributed by atoms with Crippen LogP contribution in [0, 0.1) is 0 Å². The van der Waals surface area contributed by atoms with Crippen molar-refractivity contribution in [3.05, 3.63) is 93.5 Å². The Morgan fingerprint density at radius 3 is 2.36 bits per heavy atom. The van der Waals surface area contributed by atoms with Crippen molar-refractivity contribution in [1.82, 2.24) is 0 Å². The van der Waals surface area contributed by atoms with Crippen molar-refractivity contribution >= 4 is 35.2 Å². The number of carboxylic acids is 1. The molecule has 5 atom stereocenters. The molecule has 1 amide bonds. The highest BCUT2D eigenvalue weighted by Crippen LogP contribution is 2.46. The standard InChI is InChI=1S/C34H38ClNO8S/c1-2-43-23-9-5-19(6-10-23)15-22-16-20(8-12-25(22)35)31-30(39)29(38)28(37)26(44-31)18-45-27-17-21(32(36)40)7-11-24(27)34(33(41)42)13-3-4-14-34/h5-12,16-17,26,28-31,37-39H,2-4,13-15,18H2,1H3,(H2,36,40)(H,41,42)/t26-,28+,29-,30-,31+/m1/s1. The molecule has 2 fully saturated rings. The maximum Gasteiger partial charge on any atom is 0.314 e. The van der Waals surface area contributed by atoms with Gasteiger partial charge in [0.05, 0.1) is 18.1 Å². The molecule has 1 saturated carbocycles. The molecule has 2 aliphatic rings. The van der Waals surface area contributed by atoms with Crippen LogP contribution in [0.25, 0.3) is 0 Å². The first-order valence-electron chi connectivity index (χ1n) is 15.0. The van der Waals surface area contributed by atoms with E-state index >= 15 is 0 Å². The number of aliphatic hydroxyl groups is 3. The van der Waals surface area contributed by atoms with Gasteiger partial charge in [0.15, 0.2) is 0 Å². The largest absolute Gasteiger partial charge is 0.494 e. The van der Waals surface area contributed by atoms with E-state index in [1.54, 1.807) is 24.3 Å². The smallest absolute Gasteiger partial charge is 0.314 e. The number of aliphatic hydroxyl groups excluding tert-OH is 3. The minimum atomic E-state index is -1.50. The van der Waals surface area contributed by atoms with E-state index in [-0.39, 0.29) is 11.3 Å². The molecule has 11 heteroatoms. The molecule has 0 unspecified atom stereocenters. The first kappa shape index (κ1) is 33.2. The summed E-state index contributed by atoms with van der Waals surface area (Å²) in [4.78, 5) is 25.0. The Bertz CT molecular complexity index is 1530. The van der Waals surface area contributed by atoms with Gasteiger partial charge in [0, 0.05) is 21.2 Å². The number of nitrogens with two attached hydrogens (primary N) is 1. The minimum absolute atomic E-state index is 0.110. The zero-order valence-electron chi connectivity index (χ0n) is 24.9. The molecule has 1 aliphatic carbocycles. The van der Waals surface area contributed by atoms with Crippen LogP contribution in [0.1, 0.15) is 71.3 Å². The lowest BCUT2D eigenvalue weighted by molar-refractivity contribution is -0.218. The molecule has 1 heterocycles. The van der Waals surface area contributed by atoms with Crippen molar-refractivity contribution in [2.45, 2.75) is 79.9 Å². The number of carbonyl (C=O) groups excluding carboxylic acids is 1. The van der Waals surface area contributed by atoms with Gasteiger partial charge in [-0.1, -0.05) is 54.8 Å². The van der Waals surface area contributed by atoms with Gasteiger partial charge < -0.3 is 35.6 Å². The summed E-state index contributed by atoms with van der Waals surface area (Å²) < 4.78 is 11.8. The lowest BCUT2D eigenvalue weighted by atomic mass is 9.78. The summed E-state index contributed by atoms with van der Waals surface area (Å²) in [5.74, 6) is -0.689. The summed E-state index contributed by atoms with van der Waals surface area (Å²) in [5, 5.41) is 43.5. The SMILES string of the molecule is CCOc1ccc(Cc2cc([C@@H]3O[C@H](CSc4cc(C(N)=O)ccc4C4(C(=O)O)CCCC4)[C@H](O)[C@@H](O)[C@H]3O)ccc2Cl)cc1. The average Bonchev–Trinajstić information content (AvgIpc) is 3.53. The third-order valence-corrected chi connectivity index (χ3v) is 10.3. The van der Waals surface area contributed by atoms with Gasteiger partial charge in [-0.2, -0.15) is 0 Å². The number of amides is 1. The number of benzene rings is 3. The van der Waals surface area contributed by atoms with Crippen LogP contribution >= 0.6 is 23.4 Å². The number of ether oxygens (including phenoxy) is 2. The molecule has 240 valence electrons. The summed E-state index contributed by atoms with van der Waals surface area (Å²) in [6.45, 7) is 2.49. The maximum absolute atomic E-state index is 12.5. The van der Waals surface area contributed by atoms with Crippen LogP contribution in [-0.2, 0) is 21.4 Å². The predicted molar refractivity (Wildman–Crippen MR) is 171 cm³/mol. The molecule has 6 N–H and O–H groups in total. The third-order valence-electron chi connectivity index (χ3n) is 8.79. The van der Waals surface area contributed by atoms with E-state index in [0.29, 0.717) is 46.9 Å². The molecule has 0 spiro atoms. The Hall–Kier alpha value is -3.12. The number of carbonyl (C=O) groups is 2. The normalized spacial score (nSPS) is 24.3. The van der Waals surface area contributed by atoms with E-state index in [4.69, 9.17) is 26.8 Å². The Kier molecular flexibility index (Phi) is 10.4. The van der Waals surface area contributed by atoms with Crippen molar-refractivity contribution in [1.29, 1.82) is 0 Å². The summed E-state index contributed by atoms with van der Waals surface area (Å²) >= 11 is 7.77. The fourth-order valence-electron chi connectivity index (χ4n) is 6.30. The quantitative estimate of drug-likeness (QED) is 0.186. The Balaban J connectivity index is 1.38. The second kappa shape index (κ2) is 14.1. The van der Waals surface area contributed by atoms with E-state index in [0.717, 1.165) is 29.7 Å². The van der Waals surface area contributed by atoms with E-state index in [9.17, 15) is 30.0 Å². The van der Waals surface area contributed by atoms with Gasteiger partial charge in [0.2, 0.25) is 5.91 Å². The molecule has 0 radical (unpaired) electrons. The fourth-order valence-corrected chi connectivity index (χ4v) is 7.73. The summed E-state index contributed by atoms with van der Waals surface area (Å²) in [6, 6.07) is 17.7. The molecule has 3 aromatic rings. The summed E-state index contributed by atoms with van der Waals surface area (Å²) in [7, 11) is 0. The minimum Gasteiger partial charge on any atom is -0.494 e. The molecule has 1 aliphatic heterocycles. The highest BCUT2D eigenvalue weighted by atomic mass is 35.5.